The molecule has 0 aliphatic carbocycles. The fourth-order valence-corrected chi connectivity index (χ4v) is 2.40. The number of hydrogen-bond acceptors (Lipinski definition) is 4. The topological polar surface area (TPSA) is 69.4 Å². The lowest BCUT2D eigenvalue weighted by atomic mass is 10.0. The molecule has 0 unspecified atom stereocenters. The molecule has 124 valence electrons. The van der Waals surface area contributed by atoms with Crippen LogP contribution in [0.4, 0.5) is 5.69 Å². The van der Waals surface area contributed by atoms with Gasteiger partial charge in [0.2, 0.25) is 5.75 Å². The van der Waals surface area contributed by atoms with Crippen molar-refractivity contribution in [2.24, 2.45) is 0 Å². The minimum Gasteiger partial charge on any atom is -0.450 e. The third kappa shape index (κ3) is 3.84. The molecule has 3 aromatic carbocycles. The molecule has 0 heterocycles. The summed E-state index contributed by atoms with van der Waals surface area (Å²) in [5, 5.41) is 11.9. The summed E-state index contributed by atoms with van der Waals surface area (Å²) in [6, 6.07) is 19.2. The normalized spacial score (nSPS) is 10.3. The number of ketones is 1. The number of nitro benzene ring substituents is 1. The van der Waals surface area contributed by atoms with Gasteiger partial charge in [0.25, 0.3) is 0 Å². The highest BCUT2D eigenvalue weighted by Gasteiger charge is 2.20. The van der Waals surface area contributed by atoms with E-state index >= 15 is 0 Å². The molecular formula is C19H12ClNO4. The molecule has 0 bridgehead atoms. The lowest BCUT2D eigenvalue weighted by Gasteiger charge is -2.08. The van der Waals surface area contributed by atoms with Crippen LogP contribution in [0.3, 0.4) is 0 Å². The average Bonchev–Trinajstić information content (AvgIpc) is 2.64. The van der Waals surface area contributed by atoms with Gasteiger partial charge in [0.05, 0.1) is 4.92 Å². The van der Waals surface area contributed by atoms with E-state index in [1.54, 1.807) is 54.6 Å². The first-order valence-corrected chi connectivity index (χ1v) is 7.74. The Morgan fingerprint density at radius 2 is 1.60 bits per heavy atom. The Kier molecular flexibility index (Phi) is 4.77. The van der Waals surface area contributed by atoms with Crippen molar-refractivity contribution in [3.8, 4) is 11.5 Å². The maximum Gasteiger partial charge on any atom is 0.312 e. The monoisotopic (exact) mass is 353 g/mol. The third-order valence-corrected chi connectivity index (χ3v) is 3.75. The summed E-state index contributed by atoms with van der Waals surface area (Å²) in [6.45, 7) is 0. The van der Waals surface area contributed by atoms with E-state index in [0.29, 0.717) is 16.3 Å². The largest absolute Gasteiger partial charge is 0.450 e. The highest BCUT2D eigenvalue weighted by atomic mass is 35.5. The second-order valence-electron chi connectivity index (χ2n) is 5.19. The Labute approximate surface area is 148 Å². The first-order chi connectivity index (χ1) is 12.0. The molecule has 3 aromatic rings. The number of halogens is 1. The standard InChI is InChI=1S/C19H12ClNO4/c20-15-7-9-16(10-8-15)25-18-11-6-14(12-17(18)21(23)24)19(22)13-4-2-1-3-5-13/h1-12H. The van der Waals surface area contributed by atoms with Crippen molar-refractivity contribution in [1.82, 2.24) is 0 Å². The van der Waals surface area contributed by atoms with Crippen molar-refractivity contribution < 1.29 is 14.5 Å². The van der Waals surface area contributed by atoms with Crippen LogP contribution in [-0.2, 0) is 0 Å². The Morgan fingerprint density at radius 3 is 2.24 bits per heavy atom. The Hall–Kier alpha value is -3.18. The van der Waals surface area contributed by atoms with E-state index in [4.69, 9.17) is 16.3 Å². The number of carbonyl (C=O) groups excluding carboxylic acids is 1. The van der Waals surface area contributed by atoms with E-state index in [0.717, 1.165) is 0 Å². The summed E-state index contributed by atoms with van der Waals surface area (Å²) in [6.07, 6.45) is 0. The molecule has 0 amide bonds. The van der Waals surface area contributed by atoms with E-state index in [9.17, 15) is 14.9 Å². The highest BCUT2D eigenvalue weighted by Crippen LogP contribution is 2.33. The van der Waals surface area contributed by atoms with Gasteiger partial charge in [0.15, 0.2) is 5.78 Å². The zero-order valence-electron chi connectivity index (χ0n) is 12.9. The number of rotatable bonds is 5. The fraction of sp³-hybridized carbons (Fsp3) is 0. The van der Waals surface area contributed by atoms with Gasteiger partial charge in [-0.1, -0.05) is 41.9 Å². The molecule has 25 heavy (non-hydrogen) atoms. The van der Waals surface area contributed by atoms with Crippen LogP contribution in [-0.4, -0.2) is 10.7 Å². The summed E-state index contributed by atoms with van der Waals surface area (Å²) in [5.74, 6) is 0.174. The SMILES string of the molecule is O=C(c1ccccc1)c1ccc(Oc2ccc(Cl)cc2)c([N+](=O)[O-])c1. The number of ether oxygens (including phenoxy) is 1. The first kappa shape index (κ1) is 16.7. The molecule has 0 aromatic heterocycles. The molecule has 0 N–H and O–H groups in total. The molecule has 0 saturated carbocycles. The molecule has 6 heteroatoms. The second kappa shape index (κ2) is 7.15. The van der Waals surface area contributed by atoms with Crippen LogP contribution in [0, 0.1) is 10.1 Å². The van der Waals surface area contributed by atoms with Gasteiger partial charge in [-0.05, 0) is 36.4 Å². The predicted octanol–water partition coefficient (Wildman–Crippen LogP) is 5.27. The molecule has 5 nitrogen and oxygen atoms in total. The lowest BCUT2D eigenvalue weighted by molar-refractivity contribution is -0.385. The van der Waals surface area contributed by atoms with Gasteiger partial charge in [-0.15, -0.1) is 0 Å². The molecule has 0 fully saturated rings. The highest BCUT2D eigenvalue weighted by molar-refractivity contribution is 6.30. The van der Waals surface area contributed by atoms with Crippen molar-refractivity contribution in [3.63, 3.8) is 0 Å². The van der Waals surface area contributed by atoms with Crippen LogP contribution in [0.5, 0.6) is 11.5 Å². The number of benzene rings is 3. The summed E-state index contributed by atoms with van der Waals surface area (Å²) in [7, 11) is 0. The van der Waals surface area contributed by atoms with Crippen LogP contribution in [0.15, 0.2) is 72.8 Å². The van der Waals surface area contributed by atoms with Gasteiger partial charge in [-0.2, -0.15) is 0 Å². The van der Waals surface area contributed by atoms with Crippen molar-refractivity contribution in [2.45, 2.75) is 0 Å². The van der Waals surface area contributed by atoms with Gasteiger partial charge in [-0.25, -0.2) is 0 Å². The summed E-state index contributed by atoms with van der Waals surface area (Å²) in [5.41, 5.74) is 0.404. The van der Waals surface area contributed by atoms with Crippen molar-refractivity contribution >= 4 is 23.1 Å². The van der Waals surface area contributed by atoms with Crippen LogP contribution < -0.4 is 4.74 Å². The predicted molar refractivity (Wildman–Crippen MR) is 94.5 cm³/mol. The fourth-order valence-electron chi connectivity index (χ4n) is 2.27. The van der Waals surface area contributed by atoms with Gasteiger partial charge in [0, 0.05) is 22.2 Å². The Morgan fingerprint density at radius 1 is 0.920 bits per heavy atom. The molecular weight excluding hydrogens is 342 g/mol. The maximum atomic E-state index is 12.5. The van der Waals surface area contributed by atoms with Gasteiger partial charge >= 0.3 is 5.69 Å². The van der Waals surface area contributed by atoms with Crippen molar-refractivity contribution in [1.29, 1.82) is 0 Å². The summed E-state index contributed by atoms with van der Waals surface area (Å²) >= 11 is 5.81. The van der Waals surface area contributed by atoms with E-state index in [1.165, 1.54) is 18.2 Å². The minimum absolute atomic E-state index is 0.0527. The molecule has 0 radical (unpaired) electrons. The van der Waals surface area contributed by atoms with E-state index < -0.39 is 4.92 Å². The van der Waals surface area contributed by atoms with E-state index in [2.05, 4.69) is 0 Å². The molecule has 0 saturated heterocycles. The Balaban J connectivity index is 1.94. The zero-order chi connectivity index (χ0) is 17.8. The van der Waals surface area contributed by atoms with Gasteiger partial charge in [0.1, 0.15) is 5.75 Å². The number of nitrogens with zero attached hydrogens (tertiary/aromatic N) is 1. The second-order valence-corrected chi connectivity index (χ2v) is 5.63. The van der Waals surface area contributed by atoms with Crippen LogP contribution in [0.25, 0.3) is 0 Å². The molecule has 0 atom stereocenters. The van der Waals surface area contributed by atoms with Crippen LogP contribution >= 0.6 is 11.6 Å². The molecule has 0 aliphatic rings. The smallest absolute Gasteiger partial charge is 0.312 e. The number of hydrogen-bond donors (Lipinski definition) is 0. The average molecular weight is 354 g/mol. The van der Waals surface area contributed by atoms with Gasteiger partial charge < -0.3 is 4.74 Å². The lowest BCUT2D eigenvalue weighted by Crippen LogP contribution is -2.03. The maximum absolute atomic E-state index is 12.5. The molecule has 0 aliphatic heterocycles. The minimum atomic E-state index is -0.576. The number of carbonyl (C=O) groups is 1. The molecule has 3 rings (SSSR count). The van der Waals surface area contributed by atoms with E-state index in [1.807, 2.05) is 0 Å². The Bertz CT molecular complexity index is 924. The summed E-state index contributed by atoms with van der Waals surface area (Å²) < 4.78 is 5.55. The van der Waals surface area contributed by atoms with Crippen LogP contribution in [0.1, 0.15) is 15.9 Å². The van der Waals surface area contributed by atoms with Crippen molar-refractivity contribution in [2.75, 3.05) is 0 Å². The van der Waals surface area contributed by atoms with Gasteiger partial charge in [-0.3, -0.25) is 14.9 Å². The summed E-state index contributed by atoms with van der Waals surface area (Å²) in [4.78, 5) is 23.2. The first-order valence-electron chi connectivity index (χ1n) is 7.36. The third-order valence-electron chi connectivity index (χ3n) is 3.50. The number of nitro groups is 1. The van der Waals surface area contributed by atoms with Crippen molar-refractivity contribution in [3.05, 3.63) is 99.1 Å². The quantitative estimate of drug-likeness (QED) is 0.356. The van der Waals surface area contributed by atoms with Crippen LogP contribution in [0.2, 0.25) is 5.02 Å². The van der Waals surface area contributed by atoms with E-state index in [-0.39, 0.29) is 22.8 Å². The zero-order valence-corrected chi connectivity index (χ0v) is 13.6. The molecule has 0 spiro atoms.